The van der Waals surface area contributed by atoms with Crippen molar-refractivity contribution in [3.8, 4) is 0 Å². The number of fused-ring (bicyclic) bond motifs is 1. The fourth-order valence-corrected chi connectivity index (χ4v) is 4.11. The molecule has 3 nitrogen and oxygen atoms in total. The van der Waals surface area contributed by atoms with Gasteiger partial charge in [-0.25, -0.2) is 4.39 Å². The normalized spacial score (nSPS) is 17.3. The van der Waals surface area contributed by atoms with Crippen LogP contribution < -0.4 is 10.2 Å². The molecule has 2 aromatic rings. The molecule has 124 valence electrons. The summed E-state index contributed by atoms with van der Waals surface area (Å²) in [5.41, 5.74) is 3.68. The van der Waals surface area contributed by atoms with Crippen LogP contribution in [0.15, 0.2) is 22.9 Å². The van der Waals surface area contributed by atoms with E-state index in [0.29, 0.717) is 5.69 Å². The number of aromatic nitrogens is 1. The van der Waals surface area contributed by atoms with E-state index in [0.717, 1.165) is 30.9 Å². The fraction of sp³-hybridized carbons (Fsp3) is 0.500. The van der Waals surface area contributed by atoms with Gasteiger partial charge in [0.25, 0.3) is 0 Å². The van der Waals surface area contributed by atoms with Crippen LogP contribution in [-0.2, 0) is 5.41 Å². The van der Waals surface area contributed by atoms with Gasteiger partial charge in [0.1, 0.15) is 5.82 Å². The number of pyridine rings is 1. The van der Waals surface area contributed by atoms with Gasteiger partial charge < -0.3 is 10.2 Å². The highest BCUT2D eigenvalue weighted by Gasteiger charge is 2.40. The van der Waals surface area contributed by atoms with Gasteiger partial charge in [-0.1, -0.05) is 13.8 Å². The summed E-state index contributed by atoms with van der Waals surface area (Å²) >= 11 is 1.71. The summed E-state index contributed by atoms with van der Waals surface area (Å²) in [5.74, 6) is -0.218. The van der Waals surface area contributed by atoms with Crippen molar-refractivity contribution in [2.45, 2.75) is 38.6 Å². The molecule has 0 bridgehead atoms. The van der Waals surface area contributed by atoms with E-state index in [9.17, 15) is 4.39 Å². The molecule has 3 heterocycles. The second kappa shape index (κ2) is 6.21. The van der Waals surface area contributed by atoms with E-state index in [1.807, 2.05) is 7.05 Å². The largest absolute Gasteiger partial charge is 0.362 e. The SMILES string of the molecule is CNCC[C@H](c1ccsc1)N1CC(C)(C)c2nc(C)c(F)cc21. The van der Waals surface area contributed by atoms with Crippen LogP contribution in [0.1, 0.15) is 43.3 Å². The van der Waals surface area contributed by atoms with Crippen molar-refractivity contribution in [3.05, 3.63) is 45.7 Å². The van der Waals surface area contributed by atoms with Crippen molar-refractivity contribution in [1.82, 2.24) is 10.3 Å². The van der Waals surface area contributed by atoms with E-state index in [2.05, 4.69) is 45.9 Å². The van der Waals surface area contributed by atoms with Crippen LogP contribution in [0.5, 0.6) is 0 Å². The molecule has 0 fully saturated rings. The summed E-state index contributed by atoms with van der Waals surface area (Å²) in [6, 6.07) is 4.09. The molecular formula is C18H24FN3S. The van der Waals surface area contributed by atoms with E-state index in [1.54, 1.807) is 24.3 Å². The number of rotatable bonds is 5. The van der Waals surface area contributed by atoms with Gasteiger partial charge in [-0.05, 0) is 49.3 Å². The fourth-order valence-electron chi connectivity index (χ4n) is 3.40. The molecule has 0 unspecified atom stereocenters. The predicted molar refractivity (Wildman–Crippen MR) is 94.9 cm³/mol. The molecule has 0 spiro atoms. The average molecular weight is 333 g/mol. The molecule has 3 rings (SSSR count). The van der Waals surface area contributed by atoms with Crippen molar-refractivity contribution < 1.29 is 4.39 Å². The second-order valence-corrected chi connectivity index (χ2v) is 7.68. The lowest BCUT2D eigenvalue weighted by atomic mass is 9.91. The molecule has 0 saturated carbocycles. The zero-order chi connectivity index (χ0) is 16.6. The first-order valence-electron chi connectivity index (χ1n) is 8.05. The predicted octanol–water partition coefficient (Wildman–Crippen LogP) is 4.04. The Morgan fingerprint density at radius 2 is 2.26 bits per heavy atom. The van der Waals surface area contributed by atoms with Crippen LogP contribution in [0.25, 0.3) is 0 Å². The van der Waals surface area contributed by atoms with Crippen LogP contribution in [0, 0.1) is 12.7 Å². The number of aryl methyl sites for hydroxylation is 1. The molecule has 1 N–H and O–H groups in total. The van der Waals surface area contributed by atoms with Crippen LogP contribution >= 0.6 is 11.3 Å². The van der Waals surface area contributed by atoms with Crippen molar-refractivity contribution >= 4 is 17.0 Å². The van der Waals surface area contributed by atoms with Gasteiger partial charge in [-0.3, -0.25) is 4.98 Å². The molecular weight excluding hydrogens is 309 g/mol. The Bertz CT molecular complexity index is 682. The summed E-state index contributed by atoms with van der Waals surface area (Å²) in [6.07, 6.45) is 0.984. The molecule has 1 aliphatic heterocycles. The number of thiophene rings is 1. The quantitative estimate of drug-likeness (QED) is 0.895. The van der Waals surface area contributed by atoms with E-state index < -0.39 is 0 Å². The Balaban J connectivity index is 2.04. The standard InChI is InChI=1S/C18H24FN3S/c1-12-14(19)9-16-17(21-12)18(2,3)11-22(16)15(5-7-20-4)13-6-8-23-10-13/h6,8-10,15,20H,5,7,11H2,1-4H3/t15-/m1/s1. The van der Waals surface area contributed by atoms with Crippen molar-refractivity contribution in [2.75, 3.05) is 25.0 Å². The molecule has 5 heteroatoms. The zero-order valence-corrected chi connectivity index (χ0v) is 15.0. The lowest BCUT2D eigenvalue weighted by molar-refractivity contribution is 0.491. The molecule has 23 heavy (non-hydrogen) atoms. The third-order valence-corrected chi connectivity index (χ3v) is 5.32. The first-order chi connectivity index (χ1) is 10.9. The first kappa shape index (κ1) is 16.4. The molecule has 0 saturated heterocycles. The monoisotopic (exact) mass is 333 g/mol. The van der Waals surface area contributed by atoms with Gasteiger partial charge in [0.2, 0.25) is 0 Å². The van der Waals surface area contributed by atoms with Crippen molar-refractivity contribution in [2.24, 2.45) is 0 Å². The van der Waals surface area contributed by atoms with Gasteiger partial charge in [0, 0.05) is 18.0 Å². The van der Waals surface area contributed by atoms with Crippen molar-refractivity contribution in [1.29, 1.82) is 0 Å². The first-order valence-corrected chi connectivity index (χ1v) is 8.99. The Kier molecular flexibility index (Phi) is 4.43. The smallest absolute Gasteiger partial charge is 0.146 e. The average Bonchev–Trinajstić information content (AvgIpc) is 3.10. The number of nitrogens with zero attached hydrogens (tertiary/aromatic N) is 2. The van der Waals surface area contributed by atoms with Gasteiger partial charge in [-0.15, -0.1) is 0 Å². The van der Waals surface area contributed by atoms with Gasteiger partial charge in [0.15, 0.2) is 0 Å². The summed E-state index contributed by atoms with van der Waals surface area (Å²) in [7, 11) is 1.97. The van der Waals surface area contributed by atoms with E-state index in [4.69, 9.17) is 0 Å². The summed E-state index contributed by atoms with van der Waals surface area (Å²) < 4.78 is 14.2. The lowest BCUT2D eigenvalue weighted by Gasteiger charge is -2.31. The zero-order valence-electron chi connectivity index (χ0n) is 14.2. The summed E-state index contributed by atoms with van der Waals surface area (Å²) in [5, 5.41) is 7.54. The Hall–Kier alpha value is -1.46. The lowest BCUT2D eigenvalue weighted by Crippen LogP contribution is -2.33. The number of hydrogen-bond acceptors (Lipinski definition) is 4. The second-order valence-electron chi connectivity index (χ2n) is 6.90. The van der Waals surface area contributed by atoms with Crippen LogP contribution in [0.4, 0.5) is 10.1 Å². The highest BCUT2D eigenvalue weighted by atomic mass is 32.1. The highest BCUT2D eigenvalue weighted by molar-refractivity contribution is 7.08. The minimum Gasteiger partial charge on any atom is -0.362 e. The number of halogens is 1. The van der Waals surface area contributed by atoms with Gasteiger partial charge in [0.05, 0.1) is 23.1 Å². The molecule has 0 aromatic carbocycles. The molecule has 2 aromatic heterocycles. The maximum atomic E-state index is 14.2. The third-order valence-electron chi connectivity index (χ3n) is 4.62. The van der Waals surface area contributed by atoms with E-state index in [-0.39, 0.29) is 17.3 Å². The third kappa shape index (κ3) is 3.00. The summed E-state index contributed by atoms with van der Waals surface area (Å²) in [4.78, 5) is 6.91. The van der Waals surface area contributed by atoms with Crippen LogP contribution in [0.3, 0.4) is 0 Å². The minimum atomic E-state index is -0.218. The molecule has 1 atom stereocenters. The van der Waals surface area contributed by atoms with Gasteiger partial charge >= 0.3 is 0 Å². The van der Waals surface area contributed by atoms with Crippen LogP contribution in [-0.4, -0.2) is 25.1 Å². The number of hydrogen-bond donors (Lipinski definition) is 1. The Labute approximate surface area is 141 Å². The Morgan fingerprint density at radius 3 is 2.91 bits per heavy atom. The Morgan fingerprint density at radius 1 is 1.48 bits per heavy atom. The van der Waals surface area contributed by atoms with E-state index >= 15 is 0 Å². The highest BCUT2D eigenvalue weighted by Crippen LogP contribution is 2.45. The van der Waals surface area contributed by atoms with Gasteiger partial charge in [-0.2, -0.15) is 11.3 Å². The maximum absolute atomic E-state index is 14.2. The maximum Gasteiger partial charge on any atom is 0.146 e. The number of anilines is 1. The molecule has 1 aliphatic rings. The molecule has 0 radical (unpaired) electrons. The topological polar surface area (TPSA) is 28.2 Å². The number of nitrogens with one attached hydrogen (secondary N) is 1. The van der Waals surface area contributed by atoms with E-state index in [1.165, 1.54) is 5.56 Å². The molecule has 0 aliphatic carbocycles. The minimum absolute atomic E-state index is 0.0678. The van der Waals surface area contributed by atoms with Crippen molar-refractivity contribution in [3.63, 3.8) is 0 Å². The van der Waals surface area contributed by atoms with Crippen LogP contribution in [0.2, 0.25) is 0 Å². The molecule has 0 amide bonds. The summed E-state index contributed by atoms with van der Waals surface area (Å²) in [6.45, 7) is 7.92.